The molecule has 36 heavy (non-hydrogen) atoms. The normalized spacial score (nSPS) is 11.5. The minimum absolute atomic E-state index is 0.218. The molecule has 0 fully saturated rings. The highest BCUT2D eigenvalue weighted by Crippen LogP contribution is 2.22. The summed E-state index contributed by atoms with van der Waals surface area (Å²) in [5.74, 6) is 0.0652. The molecule has 3 rings (SSSR count). The first-order valence-corrected chi connectivity index (χ1v) is 11.1. The molecule has 1 amide bonds. The van der Waals surface area contributed by atoms with Crippen molar-refractivity contribution in [1.29, 1.82) is 0 Å². The van der Waals surface area contributed by atoms with Crippen LogP contribution in [0.15, 0.2) is 41.2 Å². The number of carbonyl (C=O) groups excluding carboxylic acids is 1. The molecule has 0 spiro atoms. The summed E-state index contributed by atoms with van der Waals surface area (Å²) in [6.07, 6.45) is 4.97. The van der Waals surface area contributed by atoms with Crippen molar-refractivity contribution in [2.24, 2.45) is 0 Å². The van der Waals surface area contributed by atoms with Gasteiger partial charge < -0.3 is 25.4 Å². The van der Waals surface area contributed by atoms with Gasteiger partial charge in [0, 0.05) is 24.2 Å². The largest absolute Gasteiger partial charge is 0.481 e. The minimum Gasteiger partial charge on any atom is -0.481 e. The Hall–Kier alpha value is -4.65. The first-order chi connectivity index (χ1) is 17.1. The number of carboxylic acid groups (broad SMARTS) is 2. The molecule has 1 heterocycles. The van der Waals surface area contributed by atoms with E-state index >= 15 is 0 Å². The fourth-order valence-electron chi connectivity index (χ4n) is 3.77. The van der Waals surface area contributed by atoms with Crippen LogP contribution in [0.4, 0.5) is 5.69 Å². The summed E-state index contributed by atoms with van der Waals surface area (Å²) < 4.78 is 0. The van der Waals surface area contributed by atoms with Crippen LogP contribution >= 0.6 is 0 Å². The Bertz CT molecular complexity index is 1400. The van der Waals surface area contributed by atoms with Crippen LogP contribution in [0, 0.1) is 26.2 Å². The average molecular weight is 491 g/mol. The number of terminal acetylenes is 1. The molecule has 0 aliphatic heterocycles. The van der Waals surface area contributed by atoms with Gasteiger partial charge >= 0.3 is 11.9 Å². The molecule has 1 unspecified atom stereocenters. The number of benzene rings is 2. The molecular weight excluding hydrogens is 464 g/mol. The van der Waals surface area contributed by atoms with E-state index in [0.717, 1.165) is 16.8 Å². The summed E-state index contributed by atoms with van der Waals surface area (Å²) in [6, 6.07) is 8.79. The maximum Gasteiger partial charge on any atom is 0.326 e. The number of aromatic amines is 1. The third-order valence-corrected chi connectivity index (χ3v) is 5.67. The molecule has 4 N–H and O–H groups in total. The van der Waals surface area contributed by atoms with E-state index in [4.69, 9.17) is 11.5 Å². The van der Waals surface area contributed by atoms with Gasteiger partial charge in [0.05, 0.1) is 17.4 Å². The lowest BCUT2D eigenvalue weighted by molar-refractivity contribution is -0.140. The average Bonchev–Trinajstić information content (AvgIpc) is 2.81. The molecule has 0 saturated heterocycles. The highest BCUT2D eigenvalue weighted by molar-refractivity contribution is 5.97. The second-order valence-corrected chi connectivity index (χ2v) is 8.35. The van der Waals surface area contributed by atoms with Gasteiger partial charge in [-0.3, -0.25) is 14.4 Å². The van der Waals surface area contributed by atoms with Crippen molar-refractivity contribution in [3.8, 4) is 12.3 Å². The molecule has 1 aromatic heterocycles. The standard InChI is InChI=1S/C26H26N4O6/c1-4-11-30(14-18-13-20-22(12-15(18)2)27-16(3)28-25(20)34)19-7-5-17(6-8-19)24(33)29-21(26(35)36)9-10-23(31)32/h1,5-8,12-13,21H,9-11,14H2,2-3H3,(H,29,33)(H,31,32)(H,35,36)(H,27,28,34). The Kier molecular flexibility index (Phi) is 8.07. The molecule has 186 valence electrons. The number of aliphatic carboxylic acids is 2. The Labute approximate surface area is 207 Å². The van der Waals surface area contributed by atoms with Crippen molar-refractivity contribution < 1.29 is 24.6 Å². The lowest BCUT2D eigenvalue weighted by Crippen LogP contribution is -2.41. The molecule has 0 aliphatic carbocycles. The van der Waals surface area contributed by atoms with E-state index in [-0.39, 0.29) is 30.5 Å². The third kappa shape index (κ3) is 6.27. The van der Waals surface area contributed by atoms with Crippen molar-refractivity contribution in [3.63, 3.8) is 0 Å². The summed E-state index contributed by atoms with van der Waals surface area (Å²) in [5, 5.41) is 20.9. The van der Waals surface area contributed by atoms with E-state index in [2.05, 4.69) is 21.2 Å². The monoisotopic (exact) mass is 490 g/mol. The van der Waals surface area contributed by atoms with Crippen LogP contribution in [0.25, 0.3) is 10.9 Å². The SMILES string of the molecule is C#CCN(Cc1cc2c(=O)[nH]c(C)nc2cc1C)c1ccc(C(=O)NC(CCC(=O)O)C(=O)O)cc1. The van der Waals surface area contributed by atoms with Gasteiger partial charge in [0.2, 0.25) is 0 Å². The summed E-state index contributed by atoms with van der Waals surface area (Å²) in [6.45, 7) is 4.32. The predicted octanol–water partition coefficient (Wildman–Crippen LogP) is 2.23. The number of carbonyl (C=O) groups is 3. The van der Waals surface area contributed by atoms with E-state index in [9.17, 15) is 24.3 Å². The number of aromatic nitrogens is 2. The van der Waals surface area contributed by atoms with Gasteiger partial charge in [0.15, 0.2) is 0 Å². The summed E-state index contributed by atoms with van der Waals surface area (Å²) in [7, 11) is 0. The summed E-state index contributed by atoms with van der Waals surface area (Å²) >= 11 is 0. The molecule has 0 aliphatic rings. The highest BCUT2D eigenvalue weighted by atomic mass is 16.4. The maximum atomic E-state index is 12.5. The molecular formula is C26H26N4O6. The van der Waals surface area contributed by atoms with Crippen molar-refractivity contribution in [3.05, 3.63) is 69.3 Å². The number of anilines is 1. The van der Waals surface area contributed by atoms with Crippen LogP contribution in [0.3, 0.4) is 0 Å². The number of carboxylic acids is 2. The topological polar surface area (TPSA) is 153 Å². The molecule has 2 aromatic carbocycles. The van der Waals surface area contributed by atoms with Gasteiger partial charge in [-0.15, -0.1) is 6.42 Å². The van der Waals surface area contributed by atoms with Gasteiger partial charge in [0.1, 0.15) is 11.9 Å². The van der Waals surface area contributed by atoms with Gasteiger partial charge in [-0.25, -0.2) is 9.78 Å². The van der Waals surface area contributed by atoms with Gasteiger partial charge in [-0.05, 0) is 67.8 Å². The number of hydrogen-bond acceptors (Lipinski definition) is 6. The van der Waals surface area contributed by atoms with Gasteiger partial charge in [-0.1, -0.05) is 5.92 Å². The summed E-state index contributed by atoms with van der Waals surface area (Å²) in [4.78, 5) is 56.0. The third-order valence-electron chi connectivity index (χ3n) is 5.67. The van der Waals surface area contributed by atoms with E-state index in [1.54, 1.807) is 25.1 Å². The molecule has 0 radical (unpaired) electrons. The van der Waals surface area contributed by atoms with E-state index in [1.807, 2.05) is 17.9 Å². The molecule has 0 bridgehead atoms. The zero-order valence-electron chi connectivity index (χ0n) is 19.9. The zero-order valence-corrected chi connectivity index (χ0v) is 19.9. The molecule has 3 aromatic rings. The van der Waals surface area contributed by atoms with Gasteiger partial charge in [0.25, 0.3) is 11.5 Å². The zero-order chi connectivity index (χ0) is 26.4. The fraction of sp³-hybridized carbons (Fsp3) is 0.269. The van der Waals surface area contributed by atoms with Crippen LogP contribution < -0.4 is 15.8 Å². The number of amides is 1. The van der Waals surface area contributed by atoms with Gasteiger partial charge in [-0.2, -0.15) is 0 Å². The quantitative estimate of drug-likeness (QED) is 0.316. The first kappa shape index (κ1) is 26.0. The number of fused-ring (bicyclic) bond motifs is 1. The highest BCUT2D eigenvalue weighted by Gasteiger charge is 2.22. The molecule has 1 atom stereocenters. The summed E-state index contributed by atoms with van der Waals surface area (Å²) in [5.41, 5.74) is 3.16. The van der Waals surface area contributed by atoms with Crippen molar-refractivity contribution in [1.82, 2.24) is 15.3 Å². The predicted molar refractivity (Wildman–Crippen MR) is 134 cm³/mol. The van der Waals surface area contributed by atoms with Crippen LogP contribution in [-0.2, 0) is 16.1 Å². The molecule has 10 heteroatoms. The van der Waals surface area contributed by atoms with Crippen molar-refractivity contribution in [2.75, 3.05) is 11.4 Å². The van der Waals surface area contributed by atoms with Crippen LogP contribution in [0.5, 0.6) is 0 Å². The number of rotatable bonds is 10. The van der Waals surface area contributed by atoms with Crippen LogP contribution in [0.2, 0.25) is 0 Å². The maximum absolute atomic E-state index is 12.5. The van der Waals surface area contributed by atoms with E-state index in [1.165, 1.54) is 12.1 Å². The Morgan fingerprint density at radius 3 is 2.47 bits per heavy atom. The van der Waals surface area contributed by atoms with E-state index < -0.39 is 23.9 Å². The lowest BCUT2D eigenvalue weighted by Gasteiger charge is -2.24. The Morgan fingerprint density at radius 1 is 1.17 bits per heavy atom. The van der Waals surface area contributed by atoms with Crippen molar-refractivity contribution >= 4 is 34.4 Å². The number of hydrogen-bond donors (Lipinski definition) is 4. The second kappa shape index (κ2) is 11.2. The smallest absolute Gasteiger partial charge is 0.326 e. The first-order valence-electron chi connectivity index (χ1n) is 11.1. The molecule has 0 saturated carbocycles. The molecule has 10 nitrogen and oxygen atoms in total. The number of nitrogens with zero attached hydrogens (tertiary/aromatic N) is 2. The Balaban J connectivity index is 1.81. The fourth-order valence-corrected chi connectivity index (χ4v) is 3.77. The Morgan fingerprint density at radius 2 is 1.86 bits per heavy atom. The van der Waals surface area contributed by atoms with Crippen molar-refractivity contribution in [2.45, 2.75) is 39.3 Å². The second-order valence-electron chi connectivity index (χ2n) is 8.35. The van der Waals surface area contributed by atoms with Crippen LogP contribution in [0.1, 0.15) is 40.2 Å². The minimum atomic E-state index is -1.32. The number of nitrogens with one attached hydrogen (secondary N) is 2. The van der Waals surface area contributed by atoms with E-state index in [0.29, 0.717) is 23.3 Å². The van der Waals surface area contributed by atoms with Crippen LogP contribution in [-0.4, -0.2) is 50.6 Å². The number of H-pyrrole nitrogens is 1. The number of aryl methyl sites for hydroxylation is 2. The lowest BCUT2D eigenvalue weighted by atomic mass is 10.0.